The third kappa shape index (κ3) is 2.88. The van der Waals surface area contributed by atoms with Crippen LogP contribution in [0, 0.1) is 0 Å². The van der Waals surface area contributed by atoms with Gasteiger partial charge in [0.25, 0.3) is 0 Å². The Balaban J connectivity index is 1.58. The molecule has 3 rings (SSSR count). The molecule has 0 aromatic carbocycles. The van der Waals surface area contributed by atoms with Crippen LogP contribution in [0.2, 0.25) is 0 Å². The predicted octanol–water partition coefficient (Wildman–Crippen LogP) is 1.48. The molecule has 2 atom stereocenters. The second-order valence-corrected chi connectivity index (χ2v) is 7.88. The summed E-state index contributed by atoms with van der Waals surface area (Å²) in [7, 11) is 0. The van der Waals surface area contributed by atoms with Gasteiger partial charge >= 0.3 is 0 Å². The van der Waals surface area contributed by atoms with E-state index in [4.69, 9.17) is 15.2 Å². The van der Waals surface area contributed by atoms with Gasteiger partial charge in [-0.1, -0.05) is 0 Å². The minimum Gasteiger partial charge on any atom is -0.378 e. The molecule has 0 aromatic rings. The summed E-state index contributed by atoms with van der Waals surface area (Å²) >= 11 is 1.96. The molecule has 3 aliphatic rings. The van der Waals surface area contributed by atoms with Gasteiger partial charge in [-0.3, -0.25) is 0 Å². The van der Waals surface area contributed by atoms with Crippen LogP contribution in [0.4, 0.5) is 0 Å². The van der Waals surface area contributed by atoms with E-state index in [0.717, 1.165) is 39.2 Å². The zero-order valence-electron chi connectivity index (χ0n) is 12.6. The van der Waals surface area contributed by atoms with Crippen molar-refractivity contribution in [1.29, 1.82) is 0 Å². The molecule has 0 radical (unpaired) electrons. The Hall–Kier alpha value is 0.190. The first-order chi connectivity index (χ1) is 9.71. The van der Waals surface area contributed by atoms with Gasteiger partial charge in [0, 0.05) is 37.0 Å². The molecule has 0 saturated carbocycles. The lowest BCUT2D eigenvalue weighted by atomic mass is 9.86. The molecule has 4 nitrogen and oxygen atoms in total. The van der Waals surface area contributed by atoms with Crippen LogP contribution in [0.25, 0.3) is 0 Å². The highest BCUT2D eigenvalue weighted by Gasteiger charge is 2.44. The Labute approximate surface area is 126 Å². The van der Waals surface area contributed by atoms with Crippen LogP contribution in [0.15, 0.2) is 0 Å². The van der Waals surface area contributed by atoms with E-state index in [0.29, 0.717) is 10.8 Å². The van der Waals surface area contributed by atoms with Crippen LogP contribution in [-0.2, 0) is 9.47 Å². The minimum absolute atomic E-state index is 0.0326. The van der Waals surface area contributed by atoms with Crippen molar-refractivity contribution < 1.29 is 9.47 Å². The zero-order valence-corrected chi connectivity index (χ0v) is 13.4. The van der Waals surface area contributed by atoms with E-state index in [1.165, 1.54) is 32.4 Å². The van der Waals surface area contributed by atoms with Gasteiger partial charge in [-0.15, -0.1) is 0 Å². The molecule has 0 aliphatic carbocycles. The summed E-state index contributed by atoms with van der Waals surface area (Å²) in [6.07, 6.45) is 8.08. The van der Waals surface area contributed by atoms with Crippen molar-refractivity contribution in [2.75, 3.05) is 45.7 Å². The van der Waals surface area contributed by atoms with Gasteiger partial charge in [0.1, 0.15) is 0 Å². The summed E-state index contributed by atoms with van der Waals surface area (Å²) in [5, 5.41) is 0. The third-order valence-electron chi connectivity index (χ3n) is 5.56. The topological polar surface area (TPSA) is 47.7 Å². The van der Waals surface area contributed by atoms with Crippen molar-refractivity contribution in [2.24, 2.45) is 5.73 Å². The molecule has 2 unspecified atom stereocenters. The number of ether oxygens (including phenoxy) is 2. The first-order valence-electron chi connectivity index (χ1n) is 7.92. The van der Waals surface area contributed by atoms with Crippen LogP contribution < -0.4 is 5.73 Å². The summed E-state index contributed by atoms with van der Waals surface area (Å²) in [6.45, 7) is 5.77. The maximum Gasteiger partial charge on any atom is 0.0951 e. The quantitative estimate of drug-likeness (QED) is 0.855. The molecule has 3 fully saturated rings. The number of thioether (sulfide) groups is 1. The molecule has 1 spiro atoms. The predicted molar refractivity (Wildman–Crippen MR) is 83.2 cm³/mol. The number of rotatable bonds is 3. The van der Waals surface area contributed by atoms with Crippen LogP contribution in [0.3, 0.4) is 0 Å². The van der Waals surface area contributed by atoms with E-state index in [2.05, 4.69) is 11.2 Å². The van der Waals surface area contributed by atoms with E-state index >= 15 is 0 Å². The summed E-state index contributed by atoms with van der Waals surface area (Å²) in [5.41, 5.74) is 6.02. The van der Waals surface area contributed by atoms with Gasteiger partial charge in [-0.25, -0.2) is 0 Å². The third-order valence-corrected chi connectivity index (χ3v) is 7.01. The second kappa shape index (κ2) is 6.13. The summed E-state index contributed by atoms with van der Waals surface area (Å²) in [4.78, 5) is 2.69. The molecule has 0 amide bonds. The second-order valence-electron chi connectivity index (χ2n) is 6.61. The molecule has 2 N–H and O–H groups in total. The number of piperidine rings is 1. The molecule has 3 aliphatic heterocycles. The highest BCUT2D eigenvalue weighted by atomic mass is 32.2. The largest absolute Gasteiger partial charge is 0.378 e. The SMILES string of the molecule is CSC1(CN)CCN(C2CCOC3(CCOC3)C2)CC1. The van der Waals surface area contributed by atoms with E-state index in [9.17, 15) is 0 Å². The Bertz CT molecular complexity index is 320. The lowest BCUT2D eigenvalue weighted by Gasteiger charge is -2.47. The van der Waals surface area contributed by atoms with Crippen molar-refractivity contribution in [3.05, 3.63) is 0 Å². The monoisotopic (exact) mass is 300 g/mol. The Morgan fingerprint density at radius 2 is 2.05 bits per heavy atom. The van der Waals surface area contributed by atoms with Crippen molar-refractivity contribution in [3.63, 3.8) is 0 Å². The van der Waals surface area contributed by atoms with E-state index in [-0.39, 0.29) is 5.60 Å². The van der Waals surface area contributed by atoms with Crippen LogP contribution in [-0.4, -0.2) is 67.0 Å². The van der Waals surface area contributed by atoms with Crippen LogP contribution in [0.5, 0.6) is 0 Å². The van der Waals surface area contributed by atoms with Crippen molar-refractivity contribution in [2.45, 2.75) is 48.5 Å². The maximum atomic E-state index is 6.05. The smallest absolute Gasteiger partial charge is 0.0951 e. The number of nitrogens with two attached hydrogens (primary N) is 1. The highest BCUT2D eigenvalue weighted by molar-refractivity contribution is 8.00. The first-order valence-corrected chi connectivity index (χ1v) is 9.14. The van der Waals surface area contributed by atoms with E-state index < -0.39 is 0 Å². The van der Waals surface area contributed by atoms with Crippen LogP contribution >= 0.6 is 11.8 Å². The lowest BCUT2D eigenvalue weighted by molar-refractivity contribution is -0.108. The molecule has 0 bridgehead atoms. The Kier molecular flexibility index (Phi) is 4.63. The van der Waals surface area contributed by atoms with Gasteiger partial charge in [-0.05, 0) is 45.0 Å². The molecular formula is C15H28N2O2S. The summed E-state index contributed by atoms with van der Waals surface area (Å²) in [6, 6.07) is 0.683. The summed E-state index contributed by atoms with van der Waals surface area (Å²) < 4.78 is 12.0. The van der Waals surface area contributed by atoms with Gasteiger partial charge in [0.2, 0.25) is 0 Å². The van der Waals surface area contributed by atoms with Gasteiger partial charge < -0.3 is 20.1 Å². The molecule has 3 saturated heterocycles. The standard InChI is InChI=1S/C15H28N2O2S/c1-20-15(11-16)3-6-17(7-4-15)13-2-8-19-14(10-13)5-9-18-12-14/h13H,2-12,16H2,1H3. The number of likely N-dealkylation sites (tertiary alicyclic amines) is 1. The Morgan fingerprint density at radius 1 is 1.25 bits per heavy atom. The van der Waals surface area contributed by atoms with Crippen molar-refractivity contribution in [3.8, 4) is 0 Å². The number of nitrogens with zero attached hydrogens (tertiary/aromatic N) is 1. The molecular weight excluding hydrogens is 272 g/mol. The average molecular weight is 300 g/mol. The van der Waals surface area contributed by atoms with Crippen LogP contribution in [0.1, 0.15) is 32.1 Å². The fourth-order valence-corrected chi connectivity index (χ4v) is 4.72. The molecule has 5 heteroatoms. The van der Waals surface area contributed by atoms with Gasteiger partial charge in [0.15, 0.2) is 0 Å². The highest BCUT2D eigenvalue weighted by Crippen LogP contribution is 2.38. The van der Waals surface area contributed by atoms with E-state index in [1.807, 2.05) is 11.8 Å². The van der Waals surface area contributed by atoms with Gasteiger partial charge in [-0.2, -0.15) is 11.8 Å². The Morgan fingerprint density at radius 3 is 2.65 bits per heavy atom. The average Bonchev–Trinajstić information content (AvgIpc) is 2.95. The van der Waals surface area contributed by atoms with Crippen molar-refractivity contribution in [1.82, 2.24) is 4.90 Å². The number of hydrogen-bond donors (Lipinski definition) is 1. The minimum atomic E-state index is 0.0326. The van der Waals surface area contributed by atoms with Gasteiger partial charge in [0.05, 0.1) is 12.2 Å². The zero-order chi connectivity index (χ0) is 14.1. The molecule has 116 valence electrons. The fourth-order valence-electron chi connectivity index (χ4n) is 3.97. The molecule has 3 heterocycles. The van der Waals surface area contributed by atoms with E-state index in [1.54, 1.807) is 0 Å². The summed E-state index contributed by atoms with van der Waals surface area (Å²) in [5.74, 6) is 0. The molecule has 20 heavy (non-hydrogen) atoms. The first kappa shape index (κ1) is 15.1. The molecule has 0 aromatic heterocycles. The maximum absolute atomic E-state index is 6.05. The number of hydrogen-bond acceptors (Lipinski definition) is 5. The normalized spacial score (nSPS) is 38.4. The van der Waals surface area contributed by atoms with Crippen molar-refractivity contribution >= 4 is 11.8 Å². The fraction of sp³-hybridized carbons (Fsp3) is 1.00. The lowest BCUT2D eigenvalue weighted by Crippen LogP contribution is -2.54.